The highest BCUT2D eigenvalue weighted by atomic mass is 35.5. The van der Waals surface area contributed by atoms with Gasteiger partial charge in [0.1, 0.15) is 10.7 Å². The van der Waals surface area contributed by atoms with E-state index in [1.807, 2.05) is 6.92 Å². The Morgan fingerprint density at radius 1 is 1.34 bits per heavy atom. The number of ether oxygens (including phenoxy) is 1. The van der Waals surface area contributed by atoms with E-state index in [0.29, 0.717) is 28.6 Å². The molecule has 2 fully saturated rings. The van der Waals surface area contributed by atoms with E-state index in [1.54, 1.807) is 19.3 Å². The Balaban J connectivity index is 1.66. The number of aliphatic hydroxyl groups is 1. The van der Waals surface area contributed by atoms with Crippen molar-refractivity contribution in [3.63, 3.8) is 0 Å². The molecular formula is C21H27ClN4O3. The number of halogens is 1. The van der Waals surface area contributed by atoms with Gasteiger partial charge in [-0.3, -0.25) is 4.79 Å². The number of pyridine rings is 1. The van der Waals surface area contributed by atoms with Gasteiger partial charge >= 0.3 is 0 Å². The lowest BCUT2D eigenvalue weighted by Gasteiger charge is -2.41. The highest BCUT2D eigenvalue weighted by Gasteiger charge is 2.44. The largest absolute Gasteiger partial charge is 0.390 e. The van der Waals surface area contributed by atoms with Gasteiger partial charge in [-0.05, 0) is 31.7 Å². The summed E-state index contributed by atoms with van der Waals surface area (Å²) in [6.07, 6.45) is 3.75. The summed E-state index contributed by atoms with van der Waals surface area (Å²) in [5.41, 5.74) is 2.24. The third-order valence-corrected chi connectivity index (χ3v) is 6.96. The van der Waals surface area contributed by atoms with Gasteiger partial charge in [-0.15, -0.1) is 0 Å². The second-order valence-corrected chi connectivity index (χ2v) is 8.69. The number of hydrogen-bond donors (Lipinski definition) is 1. The van der Waals surface area contributed by atoms with Gasteiger partial charge in [0.25, 0.3) is 5.56 Å². The third-order valence-electron chi connectivity index (χ3n) is 6.60. The normalized spacial score (nSPS) is 21.1. The molecule has 4 heterocycles. The Labute approximate surface area is 175 Å². The van der Waals surface area contributed by atoms with Crippen molar-refractivity contribution in [2.45, 2.75) is 33.3 Å². The summed E-state index contributed by atoms with van der Waals surface area (Å²) >= 11 is 6.29. The third kappa shape index (κ3) is 3.45. The minimum atomic E-state index is -0.283. The number of rotatable bonds is 3. The minimum absolute atomic E-state index is 0.110. The van der Waals surface area contributed by atoms with Crippen LogP contribution in [0.2, 0.25) is 5.02 Å². The van der Waals surface area contributed by atoms with E-state index < -0.39 is 0 Å². The first-order valence-corrected chi connectivity index (χ1v) is 10.4. The molecule has 0 saturated carbocycles. The molecule has 2 aromatic heterocycles. The first kappa shape index (κ1) is 20.3. The predicted octanol–water partition coefficient (Wildman–Crippen LogP) is 2.55. The zero-order valence-corrected chi connectivity index (χ0v) is 17.9. The van der Waals surface area contributed by atoms with Crippen LogP contribution < -0.4 is 10.5 Å². The second kappa shape index (κ2) is 7.70. The number of piperidine rings is 1. The summed E-state index contributed by atoms with van der Waals surface area (Å²) in [6.45, 7) is 7.31. The molecule has 156 valence electrons. The molecule has 2 aliphatic heterocycles. The molecular weight excluding hydrogens is 392 g/mol. The van der Waals surface area contributed by atoms with Gasteiger partial charge < -0.3 is 19.3 Å². The molecule has 1 atom stereocenters. The van der Waals surface area contributed by atoms with Gasteiger partial charge in [0.2, 0.25) is 0 Å². The van der Waals surface area contributed by atoms with E-state index in [1.165, 1.54) is 4.57 Å². The maximum absolute atomic E-state index is 12.2. The van der Waals surface area contributed by atoms with E-state index in [9.17, 15) is 9.90 Å². The number of hydrogen-bond acceptors (Lipinski definition) is 6. The second-order valence-electron chi connectivity index (χ2n) is 8.31. The number of aryl methyl sites for hydroxylation is 2. The molecule has 1 N–H and O–H groups in total. The molecule has 2 aromatic rings. The van der Waals surface area contributed by atoms with E-state index in [0.717, 1.165) is 45.0 Å². The molecule has 0 bridgehead atoms. The number of anilines is 1. The van der Waals surface area contributed by atoms with Crippen LogP contribution in [0.15, 0.2) is 17.1 Å². The van der Waals surface area contributed by atoms with Crippen molar-refractivity contribution < 1.29 is 9.84 Å². The zero-order valence-electron chi connectivity index (χ0n) is 17.1. The van der Waals surface area contributed by atoms with Gasteiger partial charge in [-0.2, -0.15) is 0 Å². The van der Waals surface area contributed by atoms with Crippen LogP contribution in [-0.4, -0.2) is 45.9 Å². The lowest BCUT2D eigenvalue weighted by molar-refractivity contribution is 0.127. The SMILES string of the molecule is Cc1nc(N2CCC3(CC2)COC[C@H]3C)c(CO)nc1-c1ccn(C)c(=O)c1Cl. The molecule has 0 amide bonds. The van der Waals surface area contributed by atoms with Gasteiger partial charge in [0, 0.05) is 43.9 Å². The fraction of sp³-hybridized carbons (Fsp3) is 0.571. The standard InChI is InChI=1S/C21H27ClN4O3/c1-13-11-29-12-21(13)5-8-26(9-6-21)19-16(10-27)24-18(14(2)23-19)15-4-7-25(3)20(28)17(15)22/h4,7,13,27H,5-6,8-12H2,1-3H3/t13-/m1/s1. The Morgan fingerprint density at radius 2 is 2.07 bits per heavy atom. The number of aliphatic hydroxyl groups excluding tert-OH is 1. The number of aromatic nitrogens is 3. The smallest absolute Gasteiger partial charge is 0.269 e. The lowest BCUT2D eigenvalue weighted by Crippen LogP contribution is -2.44. The van der Waals surface area contributed by atoms with Crippen molar-refractivity contribution in [2.24, 2.45) is 18.4 Å². The molecule has 2 saturated heterocycles. The zero-order chi connectivity index (χ0) is 20.8. The molecule has 4 rings (SSSR count). The van der Waals surface area contributed by atoms with Crippen molar-refractivity contribution >= 4 is 17.4 Å². The highest BCUT2D eigenvalue weighted by molar-refractivity contribution is 6.33. The average Bonchev–Trinajstić information content (AvgIpc) is 3.07. The van der Waals surface area contributed by atoms with Crippen LogP contribution in [0.25, 0.3) is 11.3 Å². The molecule has 0 unspecified atom stereocenters. The molecule has 2 aliphatic rings. The van der Waals surface area contributed by atoms with Crippen molar-refractivity contribution in [3.8, 4) is 11.3 Å². The molecule has 0 aromatic carbocycles. The summed E-state index contributed by atoms with van der Waals surface area (Å²) in [6, 6.07) is 1.76. The van der Waals surface area contributed by atoms with Gasteiger partial charge in [-0.1, -0.05) is 18.5 Å². The van der Waals surface area contributed by atoms with Crippen molar-refractivity contribution in [2.75, 3.05) is 31.2 Å². The predicted molar refractivity (Wildman–Crippen MR) is 112 cm³/mol. The van der Waals surface area contributed by atoms with E-state index in [-0.39, 0.29) is 22.6 Å². The van der Waals surface area contributed by atoms with Crippen LogP contribution in [0, 0.1) is 18.3 Å². The molecule has 1 spiro atoms. The van der Waals surface area contributed by atoms with Crippen LogP contribution in [0.4, 0.5) is 5.82 Å². The number of nitrogens with zero attached hydrogens (tertiary/aromatic N) is 4. The topological polar surface area (TPSA) is 80.5 Å². The van der Waals surface area contributed by atoms with E-state index >= 15 is 0 Å². The Hall–Kier alpha value is -1.96. The van der Waals surface area contributed by atoms with Crippen LogP contribution in [0.3, 0.4) is 0 Å². The Kier molecular flexibility index (Phi) is 5.40. The molecule has 7 nitrogen and oxygen atoms in total. The maximum Gasteiger partial charge on any atom is 0.269 e. The Bertz CT molecular complexity index is 983. The van der Waals surface area contributed by atoms with Crippen molar-refractivity contribution in [1.29, 1.82) is 0 Å². The highest BCUT2D eigenvalue weighted by Crippen LogP contribution is 2.44. The van der Waals surface area contributed by atoms with Crippen molar-refractivity contribution in [3.05, 3.63) is 39.0 Å². The summed E-state index contributed by atoms with van der Waals surface area (Å²) in [4.78, 5) is 23.8. The Morgan fingerprint density at radius 3 is 2.69 bits per heavy atom. The van der Waals surface area contributed by atoms with Gasteiger partial charge in [-0.25, -0.2) is 9.97 Å². The van der Waals surface area contributed by atoms with Crippen LogP contribution in [0.5, 0.6) is 0 Å². The maximum atomic E-state index is 12.2. The van der Waals surface area contributed by atoms with E-state index in [4.69, 9.17) is 21.3 Å². The molecule has 8 heteroatoms. The molecule has 29 heavy (non-hydrogen) atoms. The lowest BCUT2D eigenvalue weighted by atomic mass is 9.72. The average molecular weight is 419 g/mol. The molecule has 0 aliphatic carbocycles. The summed E-state index contributed by atoms with van der Waals surface area (Å²) in [7, 11) is 1.65. The summed E-state index contributed by atoms with van der Waals surface area (Å²) in [5, 5.41) is 10.1. The monoisotopic (exact) mass is 418 g/mol. The first-order valence-electron chi connectivity index (χ1n) is 10.0. The van der Waals surface area contributed by atoms with Gasteiger partial charge in [0.05, 0.1) is 24.6 Å². The first-order chi connectivity index (χ1) is 13.9. The fourth-order valence-corrected chi connectivity index (χ4v) is 4.78. The fourth-order valence-electron chi connectivity index (χ4n) is 4.50. The minimum Gasteiger partial charge on any atom is -0.390 e. The summed E-state index contributed by atoms with van der Waals surface area (Å²) < 4.78 is 7.15. The van der Waals surface area contributed by atoms with Crippen LogP contribution in [0.1, 0.15) is 31.2 Å². The quantitative estimate of drug-likeness (QED) is 0.825. The van der Waals surface area contributed by atoms with Crippen molar-refractivity contribution in [1.82, 2.24) is 14.5 Å². The summed E-state index contributed by atoms with van der Waals surface area (Å²) in [5.74, 6) is 1.29. The van der Waals surface area contributed by atoms with E-state index in [2.05, 4.69) is 16.8 Å². The van der Waals surface area contributed by atoms with Crippen LogP contribution >= 0.6 is 11.6 Å². The molecule has 0 radical (unpaired) electrons. The van der Waals surface area contributed by atoms with Crippen LogP contribution in [-0.2, 0) is 18.4 Å². The van der Waals surface area contributed by atoms with Gasteiger partial charge in [0.15, 0.2) is 5.82 Å².